The zero-order chi connectivity index (χ0) is 11.1. The normalized spacial score (nSPS) is 11.9. The van der Waals surface area contributed by atoms with E-state index in [1.54, 1.807) is 0 Å². The molecule has 2 aromatic heterocycles. The Morgan fingerprint density at radius 1 is 1.53 bits per heavy atom. The second kappa shape index (κ2) is 3.01. The maximum Gasteiger partial charge on any atom is 0.326 e. The smallest absolute Gasteiger partial charge is 0.326 e. The van der Waals surface area contributed by atoms with Gasteiger partial charge in [-0.1, -0.05) is 6.58 Å². The van der Waals surface area contributed by atoms with Crippen molar-refractivity contribution in [2.75, 3.05) is 0 Å². The summed E-state index contributed by atoms with van der Waals surface area (Å²) in [4.78, 5) is 7.29. The molecular weight excluding hydrogens is 204 g/mol. The summed E-state index contributed by atoms with van der Waals surface area (Å²) in [7, 11) is 0. The lowest BCUT2D eigenvalue weighted by Crippen LogP contribution is -2.15. The number of hydrogen-bond donors (Lipinski definition) is 1. The first-order valence-electron chi connectivity index (χ1n) is 4.11. The highest BCUT2D eigenvalue weighted by atomic mass is 19.3. The number of pyridine rings is 1. The SMILES string of the molecule is C=CC(F)(F)c1nc2ncccc2n1O. The summed E-state index contributed by atoms with van der Waals surface area (Å²) in [5.74, 6) is -4.17. The van der Waals surface area contributed by atoms with Gasteiger partial charge >= 0.3 is 5.92 Å². The van der Waals surface area contributed by atoms with E-state index < -0.39 is 11.7 Å². The van der Waals surface area contributed by atoms with E-state index in [0.717, 1.165) is 0 Å². The summed E-state index contributed by atoms with van der Waals surface area (Å²) in [6, 6.07) is 2.96. The molecule has 15 heavy (non-hydrogen) atoms. The fourth-order valence-electron chi connectivity index (χ4n) is 1.21. The second-order valence-corrected chi connectivity index (χ2v) is 2.92. The third-order valence-electron chi connectivity index (χ3n) is 1.96. The van der Waals surface area contributed by atoms with Gasteiger partial charge in [0.1, 0.15) is 5.52 Å². The second-order valence-electron chi connectivity index (χ2n) is 2.92. The Morgan fingerprint density at radius 2 is 2.27 bits per heavy atom. The molecule has 6 heteroatoms. The number of allylic oxidation sites excluding steroid dienone is 1. The molecule has 2 rings (SSSR count). The van der Waals surface area contributed by atoms with Crippen LogP contribution in [0, 0.1) is 0 Å². The lowest BCUT2D eigenvalue weighted by molar-refractivity contribution is 0.0180. The number of rotatable bonds is 2. The van der Waals surface area contributed by atoms with Gasteiger partial charge in [0.15, 0.2) is 5.65 Å². The van der Waals surface area contributed by atoms with E-state index in [4.69, 9.17) is 0 Å². The highest BCUT2D eigenvalue weighted by molar-refractivity contribution is 5.70. The average molecular weight is 211 g/mol. The molecular formula is C9H7F2N3O. The number of fused-ring (bicyclic) bond motifs is 1. The fraction of sp³-hybridized carbons (Fsp3) is 0.111. The molecule has 0 amide bonds. The number of hydrogen-bond acceptors (Lipinski definition) is 3. The molecule has 2 heterocycles. The molecule has 2 aromatic rings. The van der Waals surface area contributed by atoms with Crippen molar-refractivity contribution in [1.29, 1.82) is 0 Å². The van der Waals surface area contributed by atoms with Gasteiger partial charge in [-0.05, 0) is 18.2 Å². The number of aromatic nitrogens is 3. The Hall–Kier alpha value is -1.98. The van der Waals surface area contributed by atoms with Gasteiger partial charge < -0.3 is 5.21 Å². The van der Waals surface area contributed by atoms with Crippen LogP contribution in [0.5, 0.6) is 0 Å². The molecule has 78 valence electrons. The maximum absolute atomic E-state index is 13.2. The number of alkyl halides is 2. The standard InChI is InChI=1S/C9H7F2N3O/c1-2-9(10,11)8-13-7-6(14(8)15)4-3-5-12-7/h2-5,15H,1H2. The van der Waals surface area contributed by atoms with Gasteiger partial charge in [0, 0.05) is 6.20 Å². The number of nitrogens with zero attached hydrogens (tertiary/aromatic N) is 3. The Bertz CT molecular complexity index is 521. The van der Waals surface area contributed by atoms with Crippen molar-refractivity contribution in [2.24, 2.45) is 0 Å². The molecule has 4 nitrogen and oxygen atoms in total. The molecule has 0 aromatic carbocycles. The Kier molecular flexibility index (Phi) is 1.92. The van der Waals surface area contributed by atoms with Gasteiger partial charge in [-0.15, -0.1) is 0 Å². The monoisotopic (exact) mass is 211 g/mol. The van der Waals surface area contributed by atoms with Crippen molar-refractivity contribution in [3.05, 3.63) is 36.8 Å². The van der Waals surface area contributed by atoms with Crippen LogP contribution in [0.4, 0.5) is 8.78 Å². The van der Waals surface area contributed by atoms with Crippen LogP contribution < -0.4 is 0 Å². The molecule has 0 aliphatic carbocycles. The third-order valence-corrected chi connectivity index (χ3v) is 1.96. The van der Waals surface area contributed by atoms with Crippen LogP contribution in [-0.2, 0) is 5.92 Å². The largest absolute Gasteiger partial charge is 0.426 e. The lowest BCUT2D eigenvalue weighted by Gasteiger charge is -2.08. The summed E-state index contributed by atoms with van der Waals surface area (Å²) in [5.41, 5.74) is 0.200. The molecule has 0 radical (unpaired) electrons. The van der Waals surface area contributed by atoms with Crippen molar-refractivity contribution in [2.45, 2.75) is 5.92 Å². The molecule has 0 bridgehead atoms. The van der Waals surface area contributed by atoms with E-state index in [9.17, 15) is 14.0 Å². The van der Waals surface area contributed by atoms with Gasteiger partial charge in [-0.2, -0.15) is 13.5 Å². The summed E-state index contributed by atoms with van der Waals surface area (Å²) in [6.07, 6.45) is 1.83. The van der Waals surface area contributed by atoms with Gasteiger partial charge in [0.2, 0.25) is 5.82 Å². The molecule has 0 saturated heterocycles. The van der Waals surface area contributed by atoms with E-state index in [-0.39, 0.29) is 11.2 Å². The highest BCUT2D eigenvalue weighted by Gasteiger charge is 2.34. The summed E-state index contributed by atoms with van der Waals surface area (Å²) in [6.45, 7) is 2.99. The predicted octanol–water partition coefficient (Wildman–Crippen LogP) is 1.95. The zero-order valence-electron chi connectivity index (χ0n) is 7.56. The first-order valence-corrected chi connectivity index (χ1v) is 4.11. The van der Waals surface area contributed by atoms with E-state index in [2.05, 4.69) is 16.5 Å². The molecule has 0 fully saturated rings. The van der Waals surface area contributed by atoms with Crippen LogP contribution in [0.15, 0.2) is 31.0 Å². The molecule has 0 spiro atoms. The maximum atomic E-state index is 13.2. The van der Waals surface area contributed by atoms with Crippen molar-refractivity contribution < 1.29 is 14.0 Å². The van der Waals surface area contributed by atoms with E-state index in [1.165, 1.54) is 18.3 Å². The fourth-order valence-corrected chi connectivity index (χ4v) is 1.21. The van der Waals surface area contributed by atoms with Gasteiger partial charge in [0.05, 0.1) is 0 Å². The van der Waals surface area contributed by atoms with Crippen LogP contribution in [0.2, 0.25) is 0 Å². The van der Waals surface area contributed by atoms with Crippen molar-refractivity contribution >= 4 is 11.2 Å². The first-order chi connectivity index (χ1) is 7.06. The summed E-state index contributed by atoms with van der Waals surface area (Å²) < 4.78 is 26.7. The number of imidazole rings is 1. The summed E-state index contributed by atoms with van der Waals surface area (Å²) in [5, 5.41) is 9.44. The van der Waals surface area contributed by atoms with Crippen LogP contribution in [-0.4, -0.2) is 19.9 Å². The Morgan fingerprint density at radius 3 is 2.87 bits per heavy atom. The van der Waals surface area contributed by atoms with Crippen LogP contribution in [0.1, 0.15) is 5.82 Å². The quantitative estimate of drug-likeness (QED) is 0.610. The zero-order valence-corrected chi connectivity index (χ0v) is 7.56. The molecule has 1 N–H and O–H groups in total. The minimum absolute atomic E-state index is 0.0662. The molecule has 0 unspecified atom stereocenters. The highest BCUT2D eigenvalue weighted by Crippen LogP contribution is 2.29. The van der Waals surface area contributed by atoms with Gasteiger partial charge in [0.25, 0.3) is 0 Å². The third kappa shape index (κ3) is 1.34. The molecule has 0 atom stereocenters. The van der Waals surface area contributed by atoms with Gasteiger partial charge in [-0.25, -0.2) is 9.97 Å². The molecule has 0 saturated carbocycles. The van der Waals surface area contributed by atoms with Crippen LogP contribution in [0.25, 0.3) is 11.2 Å². The van der Waals surface area contributed by atoms with E-state index >= 15 is 0 Å². The predicted molar refractivity (Wildman–Crippen MR) is 48.8 cm³/mol. The summed E-state index contributed by atoms with van der Waals surface area (Å²) >= 11 is 0. The average Bonchev–Trinajstić information content (AvgIpc) is 2.58. The Balaban J connectivity index is 2.73. The Labute approximate surface area is 83.5 Å². The minimum Gasteiger partial charge on any atom is -0.426 e. The van der Waals surface area contributed by atoms with Crippen molar-refractivity contribution in [3.63, 3.8) is 0 Å². The minimum atomic E-state index is -3.38. The molecule has 0 aliphatic heterocycles. The van der Waals surface area contributed by atoms with Crippen LogP contribution in [0.3, 0.4) is 0 Å². The number of halogens is 2. The molecule has 0 aliphatic rings. The van der Waals surface area contributed by atoms with Crippen molar-refractivity contribution in [1.82, 2.24) is 14.7 Å². The lowest BCUT2D eigenvalue weighted by atomic mass is 10.3. The van der Waals surface area contributed by atoms with E-state index in [0.29, 0.717) is 10.8 Å². The van der Waals surface area contributed by atoms with E-state index in [1.807, 2.05) is 0 Å². The van der Waals surface area contributed by atoms with Crippen LogP contribution >= 0.6 is 0 Å². The topological polar surface area (TPSA) is 50.9 Å². The van der Waals surface area contributed by atoms with Gasteiger partial charge in [-0.3, -0.25) is 0 Å². The van der Waals surface area contributed by atoms with Crippen molar-refractivity contribution in [3.8, 4) is 0 Å². The first kappa shape index (κ1) is 9.57.